The SMILES string of the molecule is CC1CN(Nc2ccccc2)C(c2ccccc2)=N1. The summed E-state index contributed by atoms with van der Waals surface area (Å²) in [7, 11) is 0. The van der Waals surface area contributed by atoms with Gasteiger partial charge in [0.2, 0.25) is 0 Å². The molecule has 1 unspecified atom stereocenters. The number of amidine groups is 1. The maximum absolute atomic E-state index is 4.72. The quantitative estimate of drug-likeness (QED) is 0.907. The number of hydrogen-bond acceptors (Lipinski definition) is 3. The minimum atomic E-state index is 0.311. The van der Waals surface area contributed by atoms with Gasteiger partial charge in [0.15, 0.2) is 0 Å². The fourth-order valence-electron chi connectivity index (χ4n) is 2.25. The zero-order chi connectivity index (χ0) is 13.1. The second-order valence-electron chi connectivity index (χ2n) is 4.76. The molecule has 3 nitrogen and oxygen atoms in total. The first kappa shape index (κ1) is 11.8. The van der Waals surface area contributed by atoms with E-state index < -0.39 is 0 Å². The highest BCUT2D eigenvalue weighted by Gasteiger charge is 2.23. The summed E-state index contributed by atoms with van der Waals surface area (Å²) in [6.45, 7) is 3.02. The molecule has 19 heavy (non-hydrogen) atoms. The smallest absolute Gasteiger partial charge is 0.150 e. The standard InChI is InChI=1S/C16H17N3/c1-13-12-19(18-15-10-6-3-7-11-15)16(17-13)14-8-4-2-5-9-14/h2-11,13,18H,12H2,1H3. The van der Waals surface area contributed by atoms with Crippen LogP contribution in [0.5, 0.6) is 0 Å². The largest absolute Gasteiger partial charge is 0.297 e. The topological polar surface area (TPSA) is 27.6 Å². The van der Waals surface area contributed by atoms with Gasteiger partial charge < -0.3 is 0 Å². The minimum Gasteiger partial charge on any atom is -0.297 e. The Morgan fingerprint density at radius 3 is 2.32 bits per heavy atom. The maximum Gasteiger partial charge on any atom is 0.150 e. The summed E-state index contributed by atoms with van der Waals surface area (Å²) in [5, 5.41) is 2.12. The van der Waals surface area contributed by atoms with Crippen molar-refractivity contribution in [3.63, 3.8) is 0 Å². The molecule has 3 rings (SSSR count). The molecular weight excluding hydrogens is 234 g/mol. The van der Waals surface area contributed by atoms with Crippen LogP contribution < -0.4 is 5.43 Å². The third-order valence-electron chi connectivity index (χ3n) is 3.11. The lowest BCUT2D eigenvalue weighted by molar-refractivity contribution is 0.505. The van der Waals surface area contributed by atoms with Crippen LogP contribution >= 0.6 is 0 Å². The molecule has 3 heteroatoms. The molecule has 0 amide bonds. The highest BCUT2D eigenvalue weighted by atomic mass is 15.5. The molecule has 0 aromatic heterocycles. The highest BCUT2D eigenvalue weighted by Crippen LogP contribution is 2.17. The van der Waals surface area contributed by atoms with Gasteiger partial charge in [-0.2, -0.15) is 0 Å². The van der Waals surface area contributed by atoms with Crippen LogP contribution in [0.2, 0.25) is 0 Å². The molecule has 0 fully saturated rings. The number of para-hydroxylation sites is 1. The molecule has 1 atom stereocenters. The summed E-state index contributed by atoms with van der Waals surface area (Å²) >= 11 is 0. The minimum absolute atomic E-state index is 0.311. The summed E-state index contributed by atoms with van der Waals surface area (Å²) in [6.07, 6.45) is 0. The molecule has 0 aliphatic carbocycles. The number of hydrazine groups is 1. The van der Waals surface area contributed by atoms with E-state index in [1.807, 2.05) is 36.4 Å². The van der Waals surface area contributed by atoms with Crippen molar-refractivity contribution in [1.82, 2.24) is 5.01 Å². The third-order valence-corrected chi connectivity index (χ3v) is 3.11. The van der Waals surface area contributed by atoms with Gasteiger partial charge in [-0.1, -0.05) is 48.5 Å². The Morgan fingerprint density at radius 2 is 1.63 bits per heavy atom. The van der Waals surface area contributed by atoms with E-state index in [2.05, 4.69) is 41.6 Å². The van der Waals surface area contributed by atoms with Crippen molar-refractivity contribution < 1.29 is 0 Å². The zero-order valence-electron chi connectivity index (χ0n) is 11.0. The van der Waals surface area contributed by atoms with Crippen molar-refractivity contribution in [2.75, 3.05) is 12.0 Å². The van der Waals surface area contributed by atoms with Gasteiger partial charge in [0.1, 0.15) is 5.84 Å². The molecule has 0 saturated carbocycles. The molecule has 1 aliphatic heterocycles. The van der Waals surface area contributed by atoms with Gasteiger partial charge in [-0.05, 0) is 19.1 Å². The van der Waals surface area contributed by atoms with Gasteiger partial charge in [0.25, 0.3) is 0 Å². The second kappa shape index (κ2) is 5.14. The first-order valence-corrected chi connectivity index (χ1v) is 6.55. The Morgan fingerprint density at radius 1 is 1.00 bits per heavy atom. The van der Waals surface area contributed by atoms with Gasteiger partial charge in [-0.3, -0.25) is 15.4 Å². The lowest BCUT2D eigenvalue weighted by Crippen LogP contribution is -2.34. The number of nitrogens with one attached hydrogen (secondary N) is 1. The van der Waals surface area contributed by atoms with Gasteiger partial charge in [0, 0.05) is 5.56 Å². The predicted octanol–water partition coefficient (Wildman–Crippen LogP) is 3.16. The molecule has 0 spiro atoms. The van der Waals surface area contributed by atoms with Crippen LogP contribution in [0.1, 0.15) is 12.5 Å². The van der Waals surface area contributed by atoms with Gasteiger partial charge in [0.05, 0.1) is 18.3 Å². The van der Waals surface area contributed by atoms with Crippen molar-refractivity contribution in [2.24, 2.45) is 4.99 Å². The Labute approximate surface area is 113 Å². The van der Waals surface area contributed by atoms with Crippen LogP contribution in [0.25, 0.3) is 0 Å². The van der Waals surface area contributed by atoms with E-state index in [4.69, 9.17) is 4.99 Å². The number of hydrogen-bond donors (Lipinski definition) is 1. The summed E-state index contributed by atoms with van der Waals surface area (Å²) in [5.41, 5.74) is 5.65. The molecule has 0 saturated heterocycles. The molecule has 1 heterocycles. The lowest BCUT2D eigenvalue weighted by Gasteiger charge is -2.23. The first-order chi connectivity index (χ1) is 9.33. The molecule has 1 aliphatic rings. The molecule has 0 radical (unpaired) electrons. The lowest BCUT2D eigenvalue weighted by atomic mass is 10.2. The Balaban J connectivity index is 1.84. The molecule has 0 bridgehead atoms. The highest BCUT2D eigenvalue weighted by molar-refractivity contribution is 6.00. The van der Waals surface area contributed by atoms with E-state index in [9.17, 15) is 0 Å². The van der Waals surface area contributed by atoms with Crippen LogP contribution in [-0.4, -0.2) is 23.4 Å². The van der Waals surface area contributed by atoms with Gasteiger partial charge in [-0.25, -0.2) is 0 Å². The number of benzene rings is 2. The van der Waals surface area contributed by atoms with Crippen LogP contribution in [0.3, 0.4) is 0 Å². The number of anilines is 1. The fraction of sp³-hybridized carbons (Fsp3) is 0.188. The molecular formula is C16H17N3. The molecule has 1 N–H and O–H groups in total. The predicted molar refractivity (Wildman–Crippen MR) is 79.2 cm³/mol. The van der Waals surface area contributed by atoms with E-state index in [-0.39, 0.29) is 0 Å². The van der Waals surface area contributed by atoms with E-state index in [0.717, 1.165) is 23.6 Å². The van der Waals surface area contributed by atoms with E-state index in [1.165, 1.54) is 0 Å². The second-order valence-corrected chi connectivity index (χ2v) is 4.76. The van der Waals surface area contributed by atoms with Crippen molar-refractivity contribution in [3.05, 3.63) is 66.2 Å². The maximum atomic E-state index is 4.72. The number of nitrogens with zero attached hydrogens (tertiary/aromatic N) is 2. The third kappa shape index (κ3) is 2.60. The van der Waals surface area contributed by atoms with Gasteiger partial charge >= 0.3 is 0 Å². The van der Waals surface area contributed by atoms with Crippen LogP contribution in [-0.2, 0) is 0 Å². The fourth-order valence-corrected chi connectivity index (χ4v) is 2.25. The molecule has 2 aromatic rings. The summed E-state index contributed by atoms with van der Waals surface area (Å²) in [4.78, 5) is 4.72. The van der Waals surface area contributed by atoms with Crippen molar-refractivity contribution in [2.45, 2.75) is 13.0 Å². The Hall–Kier alpha value is -2.29. The monoisotopic (exact) mass is 251 g/mol. The van der Waals surface area contributed by atoms with Gasteiger partial charge in [-0.15, -0.1) is 0 Å². The average molecular weight is 251 g/mol. The van der Waals surface area contributed by atoms with Crippen molar-refractivity contribution >= 4 is 11.5 Å². The van der Waals surface area contributed by atoms with Crippen LogP contribution in [0, 0.1) is 0 Å². The summed E-state index contributed by atoms with van der Waals surface area (Å²) in [5.74, 6) is 1.01. The van der Waals surface area contributed by atoms with Crippen molar-refractivity contribution in [1.29, 1.82) is 0 Å². The van der Waals surface area contributed by atoms with E-state index in [1.54, 1.807) is 0 Å². The van der Waals surface area contributed by atoms with E-state index in [0.29, 0.717) is 6.04 Å². The first-order valence-electron chi connectivity index (χ1n) is 6.55. The number of rotatable bonds is 3. The van der Waals surface area contributed by atoms with E-state index >= 15 is 0 Å². The number of aliphatic imine (C=N–C) groups is 1. The zero-order valence-corrected chi connectivity index (χ0v) is 11.0. The summed E-state index contributed by atoms with van der Waals surface area (Å²) in [6, 6.07) is 20.8. The van der Waals surface area contributed by atoms with Crippen LogP contribution in [0.15, 0.2) is 65.7 Å². The Bertz CT molecular complexity index is 563. The molecule has 2 aromatic carbocycles. The average Bonchev–Trinajstić information content (AvgIpc) is 2.82. The Kier molecular flexibility index (Phi) is 3.19. The summed E-state index contributed by atoms with van der Waals surface area (Å²) < 4.78 is 0. The molecule has 96 valence electrons. The van der Waals surface area contributed by atoms with Crippen molar-refractivity contribution in [3.8, 4) is 0 Å². The normalized spacial score (nSPS) is 18.3. The van der Waals surface area contributed by atoms with Crippen LogP contribution in [0.4, 0.5) is 5.69 Å².